The quantitative estimate of drug-likeness (QED) is 0.524. The number of nitrogens with zero attached hydrogens (tertiary/aromatic N) is 5. The lowest BCUT2D eigenvalue weighted by Crippen LogP contribution is -2.08. The van der Waals surface area contributed by atoms with E-state index in [1.807, 2.05) is 6.92 Å². The lowest BCUT2D eigenvalue weighted by atomic mass is 10.1. The fourth-order valence-corrected chi connectivity index (χ4v) is 2.87. The summed E-state index contributed by atoms with van der Waals surface area (Å²) in [6, 6.07) is 9.23. The van der Waals surface area contributed by atoms with Crippen LogP contribution in [-0.2, 0) is 16.1 Å². The summed E-state index contributed by atoms with van der Waals surface area (Å²) >= 11 is 0. The maximum absolute atomic E-state index is 13.2. The van der Waals surface area contributed by atoms with Crippen LogP contribution in [0.15, 0.2) is 48.9 Å². The molecule has 4 aromatic rings. The molecule has 0 fully saturated rings. The molecule has 0 radical (unpaired) electrons. The lowest BCUT2D eigenvalue weighted by Gasteiger charge is -2.10. The van der Waals surface area contributed by atoms with E-state index in [9.17, 15) is 13.2 Å². The summed E-state index contributed by atoms with van der Waals surface area (Å²) in [7, 11) is 0. The highest BCUT2D eigenvalue weighted by atomic mass is 19.3. The van der Waals surface area contributed by atoms with Gasteiger partial charge in [0.1, 0.15) is 11.5 Å². The first-order valence-corrected chi connectivity index (χ1v) is 8.35. The van der Waals surface area contributed by atoms with E-state index in [4.69, 9.17) is 9.59 Å². The van der Waals surface area contributed by atoms with Gasteiger partial charge in [0.15, 0.2) is 5.65 Å². The predicted octanol–water partition coefficient (Wildman–Crippen LogP) is 3.39. The standard InChI is InChI=1S/C18H14F3N5.CO2/c1-11-8-22-16-7-6-14(24-26(11)16)18-17(12-2-4-13(19)5-3-12)23-10-25(18)9-15(20)21;2-1-3/h2-8,10,15H,9H2,1H3;. The summed E-state index contributed by atoms with van der Waals surface area (Å²) in [5.41, 5.74) is 3.51. The zero-order chi connectivity index (χ0) is 21.0. The van der Waals surface area contributed by atoms with Crippen molar-refractivity contribution in [3.63, 3.8) is 0 Å². The molecule has 0 spiro atoms. The largest absolute Gasteiger partial charge is 0.373 e. The van der Waals surface area contributed by atoms with Crippen molar-refractivity contribution in [2.75, 3.05) is 0 Å². The van der Waals surface area contributed by atoms with Crippen LogP contribution in [0.5, 0.6) is 0 Å². The number of carbonyl (C=O) groups excluding carboxylic acids is 2. The summed E-state index contributed by atoms with van der Waals surface area (Å²) in [5, 5.41) is 4.52. The van der Waals surface area contributed by atoms with Crippen molar-refractivity contribution in [3.8, 4) is 22.6 Å². The van der Waals surface area contributed by atoms with Gasteiger partial charge >= 0.3 is 6.15 Å². The smallest absolute Gasteiger partial charge is 0.323 e. The van der Waals surface area contributed by atoms with Crippen molar-refractivity contribution in [3.05, 3.63) is 60.4 Å². The van der Waals surface area contributed by atoms with E-state index in [2.05, 4.69) is 15.1 Å². The number of halogens is 3. The van der Waals surface area contributed by atoms with Crippen LogP contribution >= 0.6 is 0 Å². The van der Waals surface area contributed by atoms with Crippen LogP contribution in [0.2, 0.25) is 0 Å². The Balaban J connectivity index is 0.000000755. The van der Waals surface area contributed by atoms with Crippen LogP contribution < -0.4 is 0 Å². The Morgan fingerprint density at radius 1 is 1.07 bits per heavy atom. The third kappa shape index (κ3) is 4.22. The molecule has 0 aliphatic rings. The van der Waals surface area contributed by atoms with Crippen LogP contribution in [0.1, 0.15) is 5.69 Å². The number of benzene rings is 1. The molecule has 0 amide bonds. The van der Waals surface area contributed by atoms with Gasteiger partial charge in [-0.05, 0) is 43.3 Å². The maximum Gasteiger partial charge on any atom is 0.373 e. The fourth-order valence-electron chi connectivity index (χ4n) is 2.87. The molecular weight excluding hydrogens is 387 g/mol. The van der Waals surface area contributed by atoms with Gasteiger partial charge in [0.05, 0.1) is 36.2 Å². The van der Waals surface area contributed by atoms with Crippen molar-refractivity contribution >= 4 is 11.8 Å². The summed E-state index contributed by atoms with van der Waals surface area (Å²) in [6.07, 6.45) is 0.749. The highest BCUT2D eigenvalue weighted by Gasteiger charge is 2.19. The van der Waals surface area contributed by atoms with Gasteiger partial charge in [-0.1, -0.05) is 0 Å². The number of hydrogen-bond acceptors (Lipinski definition) is 5. The molecule has 7 nitrogen and oxygen atoms in total. The van der Waals surface area contributed by atoms with Gasteiger partial charge in [0.2, 0.25) is 0 Å². The Labute approximate surface area is 162 Å². The number of rotatable bonds is 4. The summed E-state index contributed by atoms with van der Waals surface area (Å²) in [4.78, 5) is 24.7. The lowest BCUT2D eigenvalue weighted by molar-refractivity contribution is -0.191. The molecular formula is C19H14F3N5O2. The molecule has 10 heteroatoms. The molecule has 1 aromatic carbocycles. The first kappa shape index (κ1) is 20.0. The third-order valence-electron chi connectivity index (χ3n) is 4.07. The fraction of sp³-hybridized carbons (Fsp3) is 0.158. The Bertz CT molecular complexity index is 1160. The number of fused-ring (bicyclic) bond motifs is 1. The van der Waals surface area contributed by atoms with E-state index in [1.165, 1.54) is 23.0 Å². The molecule has 29 heavy (non-hydrogen) atoms. The van der Waals surface area contributed by atoms with E-state index in [0.29, 0.717) is 28.3 Å². The predicted molar refractivity (Wildman–Crippen MR) is 95.4 cm³/mol. The molecule has 0 aliphatic heterocycles. The molecule has 3 aromatic heterocycles. The van der Waals surface area contributed by atoms with Crippen molar-refractivity contribution in [2.45, 2.75) is 19.9 Å². The molecule has 4 rings (SSSR count). The first-order chi connectivity index (χ1) is 13.9. The molecule has 3 heterocycles. The maximum atomic E-state index is 13.2. The van der Waals surface area contributed by atoms with Crippen LogP contribution in [0.3, 0.4) is 0 Å². The summed E-state index contributed by atoms with van der Waals surface area (Å²) in [5.74, 6) is -0.379. The van der Waals surface area contributed by atoms with Gasteiger partial charge in [-0.25, -0.2) is 27.7 Å². The van der Waals surface area contributed by atoms with E-state index in [0.717, 1.165) is 5.69 Å². The van der Waals surface area contributed by atoms with Crippen LogP contribution in [0, 0.1) is 12.7 Å². The van der Waals surface area contributed by atoms with E-state index in [1.54, 1.807) is 35.0 Å². The highest BCUT2D eigenvalue weighted by molar-refractivity contribution is 5.77. The van der Waals surface area contributed by atoms with Gasteiger partial charge in [-0.2, -0.15) is 14.7 Å². The van der Waals surface area contributed by atoms with Gasteiger partial charge in [-0.15, -0.1) is 0 Å². The third-order valence-corrected chi connectivity index (χ3v) is 4.07. The van der Waals surface area contributed by atoms with Crippen LogP contribution in [0.25, 0.3) is 28.3 Å². The molecule has 0 saturated carbocycles. The minimum Gasteiger partial charge on any atom is -0.323 e. The van der Waals surface area contributed by atoms with E-state index >= 15 is 0 Å². The molecule has 0 N–H and O–H groups in total. The zero-order valence-corrected chi connectivity index (χ0v) is 15.1. The molecule has 0 bridgehead atoms. The molecule has 0 saturated heterocycles. The minimum absolute atomic E-state index is 0.250. The number of aromatic nitrogens is 5. The molecule has 0 atom stereocenters. The first-order valence-electron chi connectivity index (χ1n) is 8.35. The average Bonchev–Trinajstić information content (AvgIpc) is 3.26. The number of hydrogen-bond donors (Lipinski definition) is 0. The highest BCUT2D eigenvalue weighted by Crippen LogP contribution is 2.31. The molecule has 148 valence electrons. The van der Waals surface area contributed by atoms with Crippen molar-refractivity contribution < 1.29 is 22.8 Å². The average molecular weight is 401 g/mol. The molecule has 0 aliphatic carbocycles. The van der Waals surface area contributed by atoms with Crippen molar-refractivity contribution in [2.24, 2.45) is 0 Å². The Kier molecular flexibility index (Phi) is 5.85. The number of imidazole rings is 2. The van der Waals surface area contributed by atoms with Crippen LogP contribution in [-0.4, -0.2) is 36.7 Å². The van der Waals surface area contributed by atoms with Gasteiger partial charge in [0, 0.05) is 5.56 Å². The van der Waals surface area contributed by atoms with Gasteiger partial charge in [0.25, 0.3) is 6.43 Å². The monoisotopic (exact) mass is 401 g/mol. The Morgan fingerprint density at radius 2 is 1.76 bits per heavy atom. The normalized spacial score (nSPS) is 10.7. The van der Waals surface area contributed by atoms with Crippen molar-refractivity contribution in [1.82, 2.24) is 24.1 Å². The molecule has 0 unspecified atom stereocenters. The zero-order valence-electron chi connectivity index (χ0n) is 15.1. The van der Waals surface area contributed by atoms with E-state index < -0.39 is 13.0 Å². The van der Waals surface area contributed by atoms with Gasteiger partial charge in [-0.3, -0.25) is 0 Å². The number of alkyl halides is 2. The van der Waals surface area contributed by atoms with Crippen molar-refractivity contribution in [1.29, 1.82) is 0 Å². The Morgan fingerprint density at radius 3 is 2.41 bits per heavy atom. The second kappa shape index (κ2) is 8.49. The van der Waals surface area contributed by atoms with E-state index in [-0.39, 0.29) is 12.0 Å². The minimum atomic E-state index is -2.54. The number of aryl methyl sites for hydroxylation is 1. The second-order valence-corrected chi connectivity index (χ2v) is 5.96. The van der Waals surface area contributed by atoms with Gasteiger partial charge < -0.3 is 4.57 Å². The summed E-state index contributed by atoms with van der Waals surface area (Å²) < 4.78 is 42.3. The van der Waals surface area contributed by atoms with Crippen LogP contribution in [0.4, 0.5) is 13.2 Å². The SMILES string of the molecule is Cc1cnc2ccc(-c3c(-c4ccc(F)cc4)ncn3CC(F)F)nn12.O=C=O. The Hall–Kier alpha value is -3.78. The second-order valence-electron chi connectivity index (χ2n) is 5.96. The topological polar surface area (TPSA) is 82.2 Å². The summed E-state index contributed by atoms with van der Waals surface area (Å²) in [6.45, 7) is 1.35.